The minimum absolute atomic E-state index is 0.264. The Kier molecular flexibility index (Phi) is 9.15. The molecular formula is C24H24F6. The van der Waals surface area contributed by atoms with Crippen molar-refractivity contribution in [3.05, 3.63) is 106 Å². The van der Waals surface area contributed by atoms with Crippen LogP contribution in [0, 0.1) is 27.7 Å². The molecule has 0 saturated carbocycles. The Labute approximate surface area is 173 Å². The molecule has 0 aliphatic rings. The molecule has 0 saturated heterocycles. The van der Waals surface area contributed by atoms with Crippen LogP contribution in [-0.2, 0) is 12.4 Å². The van der Waals surface area contributed by atoms with Crippen molar-refractivity contribution in [3.63, 3.8) is 0 Å². The Morgan fingerprint density at radius 2 is 1.00 bits per heavy atom. The second-order valence-electron chi connectivity index (χ2n) is 6.83. The van der Waals surface area contributed by atoms with E-state index < -0.39 is 23.5 Å². The van der Waals surface area contributed by atoms with E-state index >= 15 is 0 Å². The van der Waals surface area contributed by atoms with Crippen molar-refractivity contribution in [2.75, 3.05) is 0 Å². The van der Waals surface area contributed by atoms with Crippen molar-refractivity contribution >= 4 is 0 Å². The van der Waals surface area contributed by atoms with Crippen LogP contribution in [0.4, 0.5) is 26.3 Å². The molecule has 0 heterocycles. The van der Waals surface area contributed by atoms with Gasteiger partial charge in [0, 0.05) is 0 Å². The van der Waals surface area contributed by atoms with Crippen molar-refractivity contribution in [3.8, 4) is 0 Å². The lowest BCUT2D eigenvalue weighted by Gasteiger charge is -2.08. The SMILES string of the molecule is Cc1ccc(C)cc1.Cc1cccc(C(F)(F)F)c1.Cc1ccccc1C(F)(F)F. The minimum Gasteiger partial charge on any atom is -0.166 e. The van der Waals surface area contributed by atoms with Gasteiger partial charge in [0.15, 0.2) is 0 Å². The molecule has 6 heteroatoms. The molecule has 0 fully saturated rings. The van der Waals surface area contributed by atoms with E-state index in [0.29, 0.717) is 5.56 Å². The van der Waals surface area contributed by atoms with Crippen LogP contribution in [0.25, 0.3) is 0 Å². The summed E-state index contributed by atoms with van der Waals surface area (Å²) in [5.74, 6) is 0. The predicted molar refractivity (Wildman–Crippen MR) is 108 cm³/mol. The van der Waals surface area contributed by atoms with Gasteiger partial charge in [-0.05, 0) is 45.4 Å². The van der Waals surface area contributed by atoms with Gasteiger partial charge in [0.1, 0.15) is 0 Å². The molecule has 3 aromatic rings. The highest BCUT2D eigenvalue weighted by molar-refractivity contribution is 5.28. The number of rotatable bonds is 0. The standard InChI is InChI=1S/2C8H7F3.C8H10/c1-6-3-2-4-7(5-6)8(9,10)11;1-6-4-2-3-5-7(6)8(9,10)11;1-7-3-5-8(2)6-4-7/h2*2-5H,1H3;3-6H,1-2H3. The van der Waals surface area contributed by atoms with Gasteiger partial charge in [0.25, 0.3) is 0 Å². The van der Waals surface area contributed by atoms with Crippen molar-refractivity contribution in [1.29, 1.82) is 0 Å². The van der Waals surface area contributed by atoms with Gasteiger partial charge >= 0.3 is 12.4 Å². The van der Waals surface area contributed by atoms with Crippen LogP contribution < -0.4 is 0 Å². The molecular weight excluding hydrogens is 402 g/mol. The lowest BCUT2D eigenvalue weighted by Crippen LogP contribution is -2.06. The molecule has 30 heavy (non-hydrogen) atoms. The molecule has 0 N–H and O–H groups in total. The van der Waals surface area contributed by atoms with Gasteiger partial charge in [-0.25, -0.2) is 0 Å². The number of aryl methyl sites for hydroxylation is 4. The van der Waals surface area contributed by atoms with Gasteiger partial charge in [0.05, 0.1) is 11.1 Å². The first kappa shape index (κ1) is 25.3. The van der Waals surface area contributed by atoms with Crippen LogP contribution in [0.15, 0.2) is 72.8 Å². The molecule has 0 aliphatic heterocycles. The van der Waals surface area contributed by atoms with Crippen molar-refractivity contribution < 1.29 is 26.3 Å². The number of benzene rings is 3. The highest BCUT2D eigenvalue weighted by Crippen LogP contribution is 2.31. The summed E-state index contributed by atoms with van der Waals surface area (Å²) in [5.41, 5.74) is 2.41. The molecule has 0 aromatic heterocycles. The van der Waals surface area contributed by atoms with Gasteiger partial charge in [-0.3, -0.25) is 0 Å². The summed E-state index contributed by atoms with van der Waals surface area (Å²) in [6.07, 6.45) is -8.43. The minimum atomic E-state index is -4.22. The van der Waals surface area contributed by atoms with Crippen molar-refractivity contribution in [2.24, 2.45) is 0 Å². The third-order valence-corrected chi connectivity index (χ3v) is 4.01. The summed E-state index contributed by atoms with van der Waals surface area (Å²) in [6.45, 7) is 7.27. The predicted octanol–water partition coefficient (Wildman–Crippen LogP) is 8.33. The van der Waals surface area contributed by atoms with Crippen LogP contribution >= 0.6 is 0 Å². The summed E-state index contributed by atoms with van der Waals surface area (Å²) in [7, 11) is 0. The zero-order valence-electron chi connectivity index (χ0n) is 17.2. The van der Waals surface area contributed by atoms with E-state index in [-0.39, 0.29) is 5.56 Å². The first-order valence-corrected chi connectivity index (χ1v) is 9.10. The molecule has 0 atom stereocenters. The van der Waals surface area contributed by atoms with E-state index in [1.165, 1.54) is 36.2 Å². The van der Waals surface area contributed by atoms with Gasteiger partial charge < -0.3 is 0 Å². The second kappa shape index (κ2) is 10.9. The van der Waals surface area contributed by atoms with Crippen LogP contribution in [0.3, 0.4) is 0 Å². The highest BCUT2D eigenvalue weighted by atomic mass is 19.4. The van der Waals surface area contributed by atoms with Gasteiger partial charge in [-0.2, -0.15) is 26.3 Å². The second-order valence-corrected chi connectivity index (χ2v) is 6.83. The average Bonchev–Trinajstić information content (AvgIpc) is 2.64. The number of halogens is 6. The van der Waals surface area contributed by atoms with E-state index in [9.17, 15) is 26.3 Å². The molecule has 0 aliphatic carbocycles. The van der Waals surface area contributed by atoms with Crippen LogP contribution in [0.5, 0.6) is 0 Å². The quantitative estimate of drug-likeness (QED) is 0.317. The first-order chi connectivity index (χ1) is 13.8. The largest absolute Gasteiger partial charge is 0.416 e. The van der Waals surface area contributed by atoms with E-state index in [2.05, 4.69) is 38.1 Å². The Hall–Kier alpha value is -2.76. The lowest BCUT2D eigenvalue weighted by atomic mass is 10.1. The fourth-order valence-corrected chi connectivity index (χ4v) is 2.35. The molecule has 0 nitrogen and oxygen atoms in total. The summed E-state index contributed by atoms with van der Waals surface area (Å²) in [5, 5.41) is 0. The van der Waals surface area contributed by atoms with Gasteiger partial charge in [0.2, 0.25) is 0 Å². The van der Waals surface area contributed by atoms with Crippen LogP contribution in [-0.4, -0.2) is 0 Å². The summed E-state index contributed by atoms with van der Waals surface area (Å²) < 4.78 is 72.0. The van der Waals surface area contributed by atoms with E-state index in [1.54, 1.807) is 19.1 Å². The fourth-order valence-electron chi connectivity index (χ4n) is 2.35. The summed E-state index contributed by atoms with van der Waals surface area (Å²) in [6, 6.07) is 19.2. The molecule has 0 radical (unpaired) electrons. The van der Waals surface area contributed by atoms with E-state index in [1.807, 2.05) is 0 Å². The number of hydrogen-bond acceptors (Lipinski definition) is 0. The topological polar surface area (TPSA) is 0 Å². The van der Waals surface area contributed by atoms with Gasteiger partial charge in [-0.15, -0.1) is 0 Å². The maximum absolute atomic E-state index is 12.0. The van der Waals surface area contributed by atoms with E-state index in [0.717, 1.165) is 18.2 Å². The van der Waals surface area contributed by atoms with E-state index in [4.69, 9.17) is 0 Å². The van der Waals surface area contributed by atoms with Crippen molar-refractivity contribution in [2.45, 2.75) is 40.0 Å². The Bertz CT molecular complexity index is 885. The molecule has 0 bridgehead atoms. The molecule has 0 spiro atoms. The maximum Gasteiger partial charge on any atom is 0.416 e. The maximum atomic E-state index is 12.0. The van der Waals surface area contributed by atoms with Crippen LogP contribution in [0.2, 0.25) is 0 Å². The third kappa shape index (κ3) is 9.16. The summed E-state index contributed by atoms with van der Waals surface area (Å²) in [4.78, 5) is 0. The molecule has 0 amide bonds. The zero-order chi connectivity index (χ0) is 22.9. The molecule has 3 rings (SSSR count). The highest BCUT2D eigenvalue weighted by Gasteiger charge is 2.31. The fraction of sp³-hybridized carbons (Fsp3) is 0.250. The lowest BCUT2D eigenvalue weighted by molar-refractivity contribution is -0.138. The molecule has 0 unspecified atom stereocenters. The normalized spacial score (nSPS) is 11.0. The monoisotopic (exact) mass is 426 g/mol. The zero-order valence-corrected chi connectivity index (χ0v) is 17.2. The van der Waals surface area contributed by atoms with Crippen molar-refractivity contribution in [1.82, 2.24) is 0 Å². The number of hydrogen-bond donors (Lipinski definition) is 0. The summed E-state index contributed by atoms with van der Waals surface area (Å²) >= 11 is 0. The molecule has 3 aromatic carbocycles. The number of alkyl halides is 6. The Morgan fingerprint density at radius 1 is 0.500 bits per heavy atom. The van der Waals surface area contributed by atoms with Crippen LogP contribution in [0.1, 0.15) is 33.4 Å². The Morgan fingerprint density at radius 3 is 1.33 bits per heavy atom. The first-order valence-electron chi connectivity index (χ1n) is 9.10. The molecule has 162 valence electrons. The third-order valence-electron chi connectivity index (χ3n) is 4.01. The smallest absolute Gasteiger partial charge is 0.166 e. The average molecular weight is 426 g/mol. The Balaban J connectivity index is 0.000000228. The van der Waals surface area contributed by atoms with Gasteiger partial charge in [-0.1, -0.05) is 77.4 Å².